The van der Waals surface area contributed by atoms with E-state index in [1.807, 2.05) is 24.3 Å². The number of thiocarbonyl (C=S) groups is 1. The minimum absolute atomic E-state index is 0.0132. The largest absolute Gasteiger partial charge is 0.493 e. The number of anilines is 1. The van der Waals surface area contributed by atoms with E-state index in [0.717, 1.165) is 22.5 Å². The molecule has 3 aromatic rings. The Balaban J connectivity index is 1.36. The highest BCUT2D eigenvalue weighted by atomic mass is 32.1. The third-order valence-corrected chi connectivity index (χ3v) is 6.26. The highest BCUT2D eigenvalue weighted by molar-refractivity contribution is 7.80. The third kappa shape index (κ3) is 4.70. The number of aromatic amines is 1. The van der Waals surface area contributed by atoms with Gasteiger partial charge in [-0.25, -0.2) is 0 Å². The van der Waals surface area contributed by atoms with Gasteiger partial charge in [0.15, 0.2) is 5.69 Å². The molecule has 1 fully saturated rings. The van der Waals surface area contributed by atoms with Crippen LogP contribution in [0, 0.1) is 5.92 Å². The van der Waals surface area contributed by atoms with Gasteiger partial charge in [0.25, 0.3) is 0 Å². The number of hydrogen-bond donors (Lipinski definition) is 3. The Labute approximate surface area is 182 Å². The van der Waals surface area contributed by atoms with Crippen molar-refractivity contribution < 1.29 is 5.11 Å². The lowest BCUT2D eigenvalue weighted by atomic mass is 9.77. The van der Waals surface area contributed by atoms with Crippen LogP contribution in [-0.4, -0.2) is 15.2 Å². The second-order valence-electron chi connectivity index (χ2n) is 8.13. The fraction of sp³-hybridized carbons (Fsp3) is 0.375. The highest BCUT2D eigenvalue weighted by Gasteiger charge is 2.21. The van der Waals surface area contributed by atoms with Crippen LogP contribution >= 0.6 is 12.2 Å². The molecule has 0 atom stereocenters. The topological polar surface area (TPSA) is 72.8 Å². The lowest BCUT2D eigenvalue weighted by Crippen LogP contribution is -2.13. The van der Waals surface area contributed by atoms with Crippen molar-refractivity contribution in [2.45, 2.75) is 51.4 Å². The minimum Gasteiger partial charge on any atom is -0.493 e. The quantitative estimate of drug-likeness (QED) is 0.297. The second kappa shape index (κ2) is 9.39. The maximum atomic E-state index is 10.1. The Bertz CT molecular complexity index is 1030. The number of nitrogens with one attached hydrogen (secondary N) is 2. The number of para-hydroxylation sites is 1. The number of fused-ring (bicyclic) bond motifs is 1. The van der Waals surface area contributed by atoms with Gasteiger partial charge in [0, 0.05) is 11.1 Å². The molecule has 6 heteroatoms. The van der Waals surface area contributed by atoms with Crippen molar-refractivity contribution in [3.63, 3.8) is 0 Å². The Hall–Kier alpha value is -2.73. The second-order valence-corrected chi connectivity index (χ2v) is 8.51. The van der Waals surface area contributed by atoms with E-state index in [9.17, 15) is 5.11 Å². The summed E-state index contributed by atoms with van der Waals surface area (Å²) in [6, 6.07) is 16.0. The van der Waals surface area contributed by atoms with Crippen molar-refractivity contribution in [3.8, 4) is 5.88 Å². The van der Waals surface area contributed by atoms with Gasteiger partial charge in [0.2, 0.25) is 11.0 Å². The molecule has 4 rings (SSSR count). The molecule has 156 valence electrons. The van der Waals surface area contributed by atoms with Gasteiger partial charge in [-0.1, -0.05) is 50.1 Å². The number of hydrogen-bond acceptors (Lipinski definition) is 3. The zero-order valence-electron chi connectivity index (χ0n) is 17.3. The Kier molecular flexibility index (Phi) is 6.43. The van der Waals surface area contributed by atoms with Crippen molar-refractivity contribution in [1.82, 2.24) is 4.98 Å². The van der Waals surface area contributed by atoms with E-state index in [1.54, 1.807) is 0 Å². The molecule has 5 nitrogen and oxygen atoms in total. The molecule has 0 amide bonds. The lowest BCUT2D eigenvalue weighted by Gasteiger charge is -2.28. The van der Waals surface area contributed by atoms with Crippen LogP contribution in [0.5, 0.6) is 5.88 Å². The molecule has 1 aromatic heterocycles. The van der Waals surface area contributed by atoms with E-state index < -0.39 is 0 Å². The Morgan fingerprint density at radius 3 is 2.57 bits per heavy atom. The molecule has 2 aromatic carbocycles. The third-order valence-electron chi connectivity index (χ3n) is 6.08. The van der Waals surface area contributed by atoms with Gasteiger partial charge < -0.3 is 15.4 Å². The molecule has 1 heterocycles. The summed E-state index contributed by atoms with van der Waals surface area (Å²) in [6.45, 7) is 2.28. The minimum atomic E-state index is -0.0132. The van der Waals surface area contributed by atoms with Gasteiger partial charge in [0.1, 0.15) is 0 Å². The number of azo groups is 1. The zero-order chi connectivity index (χ0) is 20.9. The molecule has 1 aliphatic rings. The predicted molar refractivity (Wildman–Crippen MR) is 127 cm³/mol. The zero-order valence-corrected chi connectivity index (χ0v) is 18.1. The average molecular weight is 421 g/mol. The van der Waals surface area contributed by atoms with Gasteiger partial charge >= 0.3 is 0 Å². The molecule has 0 saturated heterocycles. The van der Waals surface area contributed by atoms with Gasteiger partial charge in [-0.15, -0.1) is 10.2 Å². The fourth-order valence-corrected chi connectivity index (χ4v) is 4.65. The maximum absolute atomic E-state index is 10.1. The number of benzene rings is 2. The van der Waals surface area contributed by atoms with Gasteiger partial charge in [-0.2, -0.15) is 0 Å². The molecular weight excluding hydrogens is 392 g/mol. The number of aromatic hydroxyl groups is 1. The number of aromatic nitrogens is 1. The van der Waals surface area contributed by atoms with Crippen molar-refractivity contribution in [2.75, 3.05) is 5.32 Å². The normalized spacial score (nSPS) is 19.4. The molecule has 0 unspecified atom stereocenters. The van der Waals surface area contributed by atoms with Crippen LogP contribution in [0.2, 0.25) is 0 Å². The van der Waals surface area contributed by atoms with E-state index >= 15 is 0 Å². The van der Waals surface area contributed by atoms with Crippen molar-refractivity contribution in [3.05, 3.63) is 54.1 Å². The molecule has 0 spiro atoms. The van der Waals surface area contributed by atoms with Crippen LogP contribution in [0.15, 0.2) is 58.8 Å². The van der Waals surface area contributed by atoms with Crippen LogP contribution in [-0.2, 0) is 0 Å². The average Bonchev–Trinajstić information content (AvgIpc) is 3.08. The van der Waals surface area contributed by atoms with Gasteiger partial charge in [-0.05, 0) is 73.5 Å². The Morgan fingerprint density at radius 1 is 1.10 bits per heavy atom. The molecule has 0 aliphatic heterocycles. The molecule has 0 bridgehead atoms. The number of rotatable bonds is 5. The van der Waals surface area contributed by atoms with Crippen LogP contribution < -0.4 is 5.32 Å². The van der Waals surface area contributed by atoms with E-state index in [-0.39, 0.29) is 11.0 Å². The van der Waals surface area contributed by atoms with E-state index in [2.05, 4.69) is 51.7 Å². The van der Waals surface area contributed by atoms with Crippen molar-refractivity contribution in [2.24, 2.45) is 16.1 Å². The molecule has 3 N–H and O–H groups in total. The smallest absolute Gasteiger partial charge is 0.218 e. The summed E-state index contributed by atoms with van der Waals surface area (Å²) in [7, 11) is 0. The lowest BCUT2D eigenvalue weighted by molar-refractivity contribution is 0.308. The number of H-pyrrole nitrogens is 1. The standard InChI is InChI=1S/C24H28N4OS/c1-2-5-16-8-10-17(11-9-16)18-12-14-19(15-13-18)25-24(30)28-27-22-20-6-3-4-7-21(20)26-23(22)29/h3-4,6-7,12-17,26,29H,2,5,8-11H2,1H3,(H,25,30). The van der Waals surface area contributed by atoms with E-state index in [1.165, 1.54) is 44.1 Å². The Morgan fingerprint density at radius 2 is 1.83 bits per heavy atom. The highest BCUT2D eigenvalue weighted by Crippen LogP contribution is 2.38. The first-order chi connectivity index (χ1) is 14.6. The summed E-state index contributed by atoms with van der Waals surface area (Å²) in [6.07, 6.45) is 7.95. The van der Waals surface area contributed by atoms with E-state index in [4.69, 9.17) is 12.2 Å². The molecular formula is C24H28N4OS. The molecule has 0 radical (unpaired) electrons. The summed E-state index contributed by atoms with van der Waals surface area (Å²) in [5, 5.41) is 22.5. The SMILES string of the molecule is CCCC1CCC(c2ccc(NC(=S)N=Nc3c(O)[nH]c4ccccc34)cc2)CC1. The summed E-state index contributed by atoms with van der Waals surface area (Å²) in [4.78, 5) is 2.89. The molecule has 1 aliphatic carbocycles. The van der Waals surface area contributed by atoms with E-state index in [0.29, 0.717) is 11.6 Å². The monoisotopic (exact) mass is 420 g/mol. The first-order valence-corrected chi connectivity index (χ1v) is 11.2. The summed E-state index contributed by atoms with van der Waals surface area (Å²) in [5.41, 5.74) is 3.50. The van der Waals surface area contributed by atoms with Crippen LogP contribution in [0.1, 0.15) is 56.9 Å². The number of nitrogens with zero attached hydrogens (tertiary/aromatic N) is 2. The molecule has 1 saturated carbocycles. The molecule has 30 heavy (non-hydrogen) atoms. The van der Waals surface area contributed by atoms with Crippen LogP contribution in [0.4, 0.5) is 11.4 Å². The fourth-order valence-electron chi connectivity index (χ4n) is 4.49. The summed E-state index contributed by atoms with van der Waals surface area (Å²) < 4.78 is 0. The van der Waals surface area contributed by atoms with Gasteiger partial charge in [0.05, 0.1) is 5.52 Å². The predicted octanol–water partition coefficient (Wildman–Crippen LogP) is 7.43. The van der Waals surface area contributed by atoms with Crippen molar-refractivity contribution >= 4 is 39.6 Å². The van der Waals surface area contributed by atoms with Crippen LogP contribution in [0.3, 0.4) is 0 Å². The summed E-state index contributed by atoms with van der Waals surface area (Å²) >= 11 is 5.31. The summed E-state index contributed by atoms with van der Waals surface area (Å²) in [5.74, 6) is 1.58. The first kappa shape index (κ1) is 20.5. The first-order valence-electron chi connectivity index (χ1n) is 10.8. The van der Waals surface area contributed by atoms with Crippen molar-refractivity contribution in [1.29, 1.82) is 0 Å². The maximum Gasteiger partial charge on any atom is 0.218 e. The van der Waals surface area contributed by atoms with Gasteiger partial charge in [-0.3, -0.25) is 0 Å². The van der Waals surface area contributed by atoms with Crippen LogP contribution in [0.25, 0.3) is 10.9 Å².